The fraction of sp³-hybridized carbons (Fsp3) is 0.235. The number of rotatable bonds is 5. The Morgan fingerprint density at radius 3 is 2.68 bits per heavy atom. The van der Waals surface area contributed by atoms with Crippen molar-refractivity contribution in [2.45, 2.75) is 13.5 Å². The second kappa shape index (κ2) is 7.27. The molecule has 116 valence electrons. The molecule has 22 heavy (non-hydrogen) atoms. The average molecular weight is 322 g/mol. The molecule has 0 saturated carbocycles. The third kappa shape index (κ3) is 4.21. The molecular weight excluding hydrogens is 305 g/mol. The first-order valence-electron chi connectivity index (χ1n) is 6.83. The lowest BCUT2D eigenvalue weighted by Crippen LogP contribution is -2.31. The standard InChI is InChI=1S/C17H17ClFNO2/c1-12-9-14(7-8-15(12)18)22-11-17(21)20(2)10-13-5-3-4-6-16(13)19/h3-9H,10-11H2,1-2H3. The van der Waals surface area contributed by atoms with Crippen molar-refractivity contribution in [1.82, 2.24) is 4.90 Å². The largest absolute Gasteiger partial charge is 0.484 e. The quantitative estimate of drug-likeness (QED) is 0.837. The second-order valence-electron chi connectivity index (χ2n) is 5.04. The van der Waals surface area contributed by atoms with E-state index in [4.69, 9.17) is 16.3 Å². The third-order valence-corrected chi connectivity index (χ3v) is 3.71. The van der Waals surface area contributed by atoms with Crippen LogP contribution < -0.4 is 4.74 Å². The van der Waals surface area contributed by atoms with E-state index in [2.05, 4.69) is 0 Å². The molecule has 0 atom stereocenters. The van der Waals surface area contributed by atoms with Gasteiger partial charge in [0, 0.05) is 24.2 Å². The molecule has 0 saturated heterocycles. The Labute approximate surface area is 134 Å². The molecule has 0 spiro atoms. The van der Waals surface area contributed by atoms with Gasteiger partial charge in [-0.3, -0.25) is 4.79 Å². The van der Waals surface area contributed by atoms with E-state index in [1.165, 1.54) is 11.0 Å². The summed E-state index contributed by atoms with van der Waals surface area (Å²) in [4.78, 5) is 13.5. The van der Waals surface area contributed by atoms with E-state index >= 15 is 0 Å². The fourth-order valence-corrected chi connectivity index (χ4v) is 2.05. The Balaban J connectivity index is 1.91. The predicted molar refractivity (Wildman–Crippen MR) is 84.6 cm³/mol. The molecule has 2 aromatic carbocycles. The van der Waals surface area contributed by atoms with Gasteiger partial charge in [0.25, 0.3) is 5.91 Å². The first-order chi connectivity index (χ1) is 10.5. The maximum absolute atomic E-state index is 13.6. The van der Waals surface area contributed by atoms with Gasteiger partial charge in [0.1, 0.15) is 11.6 Å². The molecule has 2 rings (SSSR count). The predicted octanol–water partition coefficient (Wildman–Crippen LogP) is 3.82. The van der Waals surface area contributed by atoms with Crippen LogP contribution in [0, 0.1) is 12.7 Å². The van der Waals surface area contributed by atoms with E-state index < -0.39 is 0 Å². The summed E-state index contributed by atoms with van der Waals surface area (Å²) in [5.74, 6) is 0.0294. The van der Waals surface area contributed by atoms with E-state index in [9.17, 15) is 9.18 Å². The minimum atomic E-state index is -0.323. The summed E-state index contributed by atoms with van der Waals surface area (Å²) >= 11 is 5.93. The number of likely N-dealkylation sites (N-methyl/N-ethyl adjacent to an activating group) is 1. The number of hydrogen-bond acceptors (Lipinski definition) is 2. The van der Waals surface area contributed by atoms with Crippen LogP contribution in [0.5, 0.6) is 5.75 Å². The lowest BCUT2D eigenvalue weighted by Gasteiger charge is -2.18. The van der Waals surface area contributed by atoms with Crippen LogP contribution in [0.3, 0.4) is 0 Å². The summed E-state index contributed by atoms with van der Waals surface area (Å²) in [5, 5.41) is 0.648. The van der Waals surface area contributed by atoms with Crippen molar-refractivity contribution in [2.24, 2.45) is 0 Å². The first-order valence-corrected chi connectivity index (χ1v) is 7.21. The normalized spacial score (nSPS) is 10.4. The Kier molecular flexibility index (Phi) is 5.39. The highest BCUT2D eigenvalue weighted by molar-refractivity contribution is 6.31. The Bertz CT molecular complexity index is 675. The van der Waals surface area contributed by atoms with Gasteiger partial charge in [0.15, 0.2) is 6.61 Å². The third-order valence-electron chi connectivity index (χ3n) is 3.28. The van der Waals surface area contributed by atoms with Crippen molar-refractivity contribution < 1.29 is 13.9 Å². The van der Waals surface area contributed by atoms with Crippen LogP contribution in [0.4, 0.5) is 4.39 Å². The fourth-order valence-electron chi connectivity index (χ4n) is 1.93. The summed E-state index contributed by atoms with van der Waals surface area (Å²) < 4.78 is 19.0. The lowest BCUT2D eigenvalue weighted by molar-refractivity contribution is -0.132. The molecule has 0 heterocycles. The minimum Gasteiger partial charge on any atom is -0.484 e. The Morgan fingerprint density at radius 1 is 1.27 bits per heavy atom. The zero-order chi connectivity index (χ0) is 16.1. The first kappa shape index (κ1) is 16.3. The highest BCUT2D eigenvalue weighted by Gasteiger charge is 2.12. The molecular formula is C17H17ClFNO2. The molecule has 0 N–H and O–H groups in total. The van der Waals surface area contributed by atoms with E-state index in [0.717, 1.165) is 5.56 Å². The monoisotopic (exact) mass is 321 g/mol. The van der Waals surface area contributed by atoms with Gasteiger partial charge >= 0.3 is 0 Å². The van der Waals surface area contributed by atoms with Crippen molar-refractivity contribution in [3.05, 3.63) is 64.4 Å². The smallest absolute Gasteiger partial charge is 0.260 e. The maximum atomic E-state index is 13.6. The van der Waals surface area contributed by atoms with Crippen molar-refractivity contribution >= 4 is 17.5 Å². The molecule has 1 amide bonds. The number of aryl methyl sites for hydroxylation is 1. The number of amides is 1. The minimum absolute atomic E-state index is 0.105. The van der Waals surface area contributed by atoms with Crippen LogP contribution in [0.1, 0.15) is 11.1 Å². The molecule has 0 bridgehead atoms. The molecule has 3 nitrogen and oxygen atoms in total. The maximum Gasteiger partial charge on any atom is 0.260 e. The Hall–Kier alpha value is -2.07. The zero-order valence-electron chi connectivity index (χ0n) is 12.5. The molecule has 2 aromatic rings. The van der Waals surface area contributed by atoms with Gasteiger partial charge < -0.3 is 9.64 Å². The second-order valence-corrected chi connectivity index (χ2v) is 5.45. The highest BCUT2D eigenvalue weighted by atomic mass is 35.5. The molecule has 0 aliphatic carbocycles. The topological polar surface area (TPSA) is 29.5 Å². The van der Waals surface area contributed by atoms with Gasteiger partial charge in [-0.1, -0.05) is 29.8 Å². The van der Waals surface area contributed by atoms with Crippen molar-refractivity contribution in [3.8, 4) is 5.75 Å². The number of benzene rings is 2. The molecule has 0 fully saturated rings. The van der Waals surface area contributed by atoms with Crippen molar-refractivity contribution in [1.29, 1.82) is 0 Å². The molecule has 0 aliphatic heterocycles. The summed E-state index contributed by atoms with van der Waals surface area (Å²) in [6.45, 7) is 1.96. The number of ether oxygens (including phenoxy) is 1. The van der Waals surface area contributed by atoms with Gasteiger partial charge in [0.2, 0.25) is 0 Å². The molecule has 0 unspecified atom stereocenters. The van der Waals surface area contributed by atoms with Crippen LogP contribution in [-0.4, -0.2) is 24.5 Å². The van der Waals surface area contributed by atoms with E-state index in [0.29, 0.717) is 16.3 Å². The Morgan fingerprint density at radius 2 is 2.00 bits per heavy atom. The van der Waals surface area contributed by atoms with Gasteiger partial charge in [-0.15, -0.1) is 0 Å². The molecule has 0 aliphatic rings. The summed E-state index contributed by atoms with van der Waals surface area (Å²) in [7, 11) is 1.62. The summed E-state index contributed by atoms with van der Waals surface area (Å²) in [5.41, 5.74) is 1.35. The summed E-state index contributed by atoms with van der Waals surface area (Å²) in [6.07, 6.45) is 0. The van der Waals surface area contributed by atoms with Gasteiger partial charge in [-0.2, -0.15) is 0 Å². The number of halogens is 2. The number of carbonyl (C=O) groups is 1. The average Bonchev–Trinajstić information content (AvgIpc) is 2.50. The van der Waals surface area contributed by atoms with Crippen LogP contribution in [0.15, 0.2) is 42.5 Å². The molecule has 0 aromatic heterocycles. The van der Waals surface area contributed by atoms with Crippen LogP contribution in [-0.2, 0) is 11.3 Å². The number of hydrogen-bond donors (Lipinski definition) is 0. The van der Waals surface area contributed by atoms with Crippen molar-refractivity contribution in [2.75, 3.05) is 13.7 Å². The van der Waals surface area contributed by atoms with Gasteiger partial charge in [-0.05, 0) is 36.8 Å². The van der Waals surface area contributed by atoms with Gasteiger partial charge in [0.05, 0.1) is 0 Å². The van der Waals surface area contributed by atoms with Crippen LogP contribution in [0.2, 0.25) is 5.02 Å². The van der Waals surface area contributed by atoms with Gasteiger partial charge in [-0.25, -0.2) is 4.39 Å². The van der Waals surface area contributed by atoms with E-state index in [1.54, 1.807) is 43.4 Å². The number of carbonyl (C=O) groups excluding carboxylic acids is 1. The van der Waals surface area contributed by atoms with E-state index in [-0.39, 0.29) is 24.9 Å². The number of nitrogens with zero attached hydrogens (tertiary/aromatic N) is 1. The summed E-state index contributed by atoms with van der Waals surface area (Å²) in [6, 6.07) is 11.6. The lowest BCUT2D eigenvalue weighted by atomic mass is 10.2. The SMILES string of the molecule is Cc1cc(OCC(=O)N(C)Cc2ccccc2F)ccc1Cl. The molecule has 5 heteroatoms. The van der Waals surface area contributed by atoms with E-state index in [1.807, 2.05) is 6.92 Å². The van der Waals surface area contributed by atoms with Crippen LogP contribution >= 0.6 is 11.6 Å². The van der Waals surface area contributed by atoms with Crippen molar-refractivity contribution in [3.63, 3.8) is 0 Å². The van der Waals surface area contributed by atoms with Crippen LogP contribution in [0.25, 0.3) is 0 Å². The molecule has 0 radical (unpaired) electrons. The highest BCUT2D eigenvalue weighted by Crippen LogP contribution is 2.21. The zero-order valence-corrected chi connectivity index (χ0v) is 13.2.